The highest BCUT2D eigenvalue weighted by Crippen LogP contribution is 2.42. The van der Waals surface area contributed by atoms with E-state index in [2.05, 4.69) is 5.32 Å². The maximum absolute atomic E-state index is 14.0. The predicted molar refractivity (Wildman–Crippen MR) is 128 cm³/mol. The van der Waals surface area contributed by atoms with Crippen LogP contribution in [0.25, 0.3) is 0 Å². The Kier molecular flexibility index (Phi) is 9.67. The molecule has 1 heterocycles. The van der Waals surface area contributed by atoms with E-state index in [-0.39, 0.29) is 81.4 Å². The van der Waals surface area contributed by atoms with Crippen LogP contribution in [0.4, 0.5) is 22.0 Å². The summed E-state index contributed by atoms with van der Waals surface area (Å²) in [6.45, 7) is 0.874. The third kappa shape index (κ3) is 6.79. The highest BCUT2D eigenvalue weighted by Gasteiger charge is 2.48. The summed E-state index contributed by atoms with van der Waals surface area (Å²) >= 11 is 5.92. The highest BCUT2D eigenvalue weighted by molar-refractivity contribution is 7.86. The Morgan fingerprint density at radius 3 is 2.11 bits per heavy atom. The van der Waals surface area contributed by atoms with Crippen molar-refractivity contribution in [2.24, 2.45) is 0 Å². The molecule has 0 radical (unpaired) electrons. The van der Waals surface area contributed by atoms with Crippen molar-refractivity contribution in [3.63, 3.8) is 0 Å². The van der Waals surface area contributed by atoms with E-state index in [1.165, 1.54) is 18.4 Å². The summed E-state index contributed by atoms with van der Waals surface area (Å²) in [5, 5.41) is 2.29. The van der Waals surface area contributed by atoms with Crippen LogP contribution in [0.5, 0.6) is 0 Å². The van der Waals surface area contributed by atoms with E-state index < -0.39 is 39.3 Å². The van der Waals surface area contributed by atoms with Crippen LogP contribution in [0.15, 0.2) is 18.2 Å². The molecular formula is C21H29Cl2F5N4O3S. The number of benzene rings is 1. The first kappa shape index (κ1) is 31.0. The Morgan fingerprint density at radius 1 is 1.08 bits per heavy atom. The van der Waals surface area contributed by atoms with Crippen LogP contribution in [-0.4, -0.2) is 86.1 Å². The Labute approximate surface area is 218 Å². The number of nitrogens with zero attached hydrogens (tertiary/aromatic N) is 3. The van der Waals surface area contributed by atoms with Crippen molar-refractivity contribution in [2.75, 3.05) is 46.8 Å². The van der Waals surface area contributed by atoms with Crippen molar-refractivity contribution in [3.8, 4) is 0 Å². The van der Waals surface area contributed by atoms with Gasteiger partial charge in [-0.05, 0) is 31.0 Å². The minimum absolute atomic E-state index is 0. The number of alkyl halides is 5. The summed E-state index contributed by atoms with van der Waals surface area (Å²) < 4.78 is 93.8. The van der Waals surface area contributed by atoms with E-state index in [1.54, 1.807) is 0 Å². The van der Waals surface area contributed by atoms with Crippen LogP contribution < -0.4 is 5.32 Å². The molecule has 2 aliphatic rings. The monoisotopic (exact) mass is 582 g/mol. The molecule has 206 valence electrons. The van der Waals surface area contributed by atoms with E-state index in [9.17, 15) is 35.2 Å². The summed E-state index contributed by atoms with van der Waals surface area (Å²) in [5.41, 5.74) is -1.99. The van der Waals surface area contributed by atoms with Crippen molar-refractivity contribution in [1.29, 1.82) is 0 Å². The van der Waals surface area contributed by atoms with Gasteiger partial charge in [-0.15, -0.1) is 12.4 Å². The molecule has 1 saturated heterocycles. The fraction of sp³-hybridized carbons (Fsp3) is 0.667. The molecule has 1 amide bonds. The second-order valence-corrected chi connectivity index (χ2v) is 11.7. The Hall–Kier alpha value is -1.25. The lowest BCUT2D eigenvalue weighted by Crippen LogP contribution is -2.64. The second kappa shape index (κ2) is 11.2. The normalized spacial score (nSPS) is 21.1. The van der Waals surface area contributed by atoms with E-state index >= 15 is 0 Å². The molecule has 1 aliphatic carbocycles. The van der Waals surface area contributed by atoms with Crippen molar-refractivity contribution in [2.45, 2.75) is 43.3 Å². The largest absolute Gasteiger partial charge is 0.416 e. The van der Waals surface area contributed by atoms with Crippen LogP contribution in [0.3, 0.4) is 0 Å². The lowest BCUT2D eigenvalue weighted by molar-refractivity contribution is -0.137. The van der Waals surface area contributed by atoms with Crippen LogP contribution in [0.2, 0.25) is 5.02 Å². The van der Waals surface area contributed by atoms with Gasteiger partial charge >= 0.3 is 6.18 Å². The van der Waals surface area contributed by atoms with Gasteiger partial charge in [0.2, 0.25) is 5.92 Å². The van der Waals surface area contributed by atoms with Gasteiger partial charge in [-0.25, -0.2) is 8.78 Å². The van der Waals surface area contributed by atoms with Crippen LogP contribution in [0.1, 0.15) is 41.6 Å². The number of amides is 1. The predicted octanol–water partition coefficient (Wildman–Crippen LogP) is 3.88. The van der Waals surface area contributed by atoms with E-state index in [0.29, 0.717) is 6.07 Å². The van der Waals surface area contributed by atoms with Gasteiger partial charge in [0.25, 0.3) is 16.1 Å². The van der Waals surface area contributed by atoms with Crippen LogP contribution in [-0.2, 0) is 16.4 Å². The third-order valence-corrected chi connectivity index (χ3v) is 8.98. The first-order valence-electron chi connectivity index (χ1n) is 11.0. The Morgan fingerprint density at radius 2 is 1.64 bits per heavy atom. The van der Waals surface area contributed by atoms with E-state index in [1.807, 2.05) is 4.90 Å². The van der Waals surface area contributed by atoms with Gasteiger partial charge in [0.1, 0.15) is 0 Å². The summed E-state index contributed by atoms with van der Waals surface area (Å²) in [7, 11) is -0.768. The Balaban J connectivity index is 0.00000456. The van der Waals surface area contributed by atoms with Gasteiger partial charge in [-0.2, -0.15) is 30.2 Å². The molecular weight excluding hydrogens is 554 g/mol. The van der Waals surface area contributed by atoms with Crippen molar-refractivity contribution >= 4 is 40.1 Å². The number of carbonyl (C=O) groups excluding carboxylic acids is 1. The Bertz CT molecular complexity index is 1040. The first-order valence-corrected chi connectivity index (χ1v) is 12.8. The first-order chi connectivity index (χ1) is 16.1. The SMILES string of the molecule is CN(C)S(=O)(=O)N1CCN(C2(CNC(=O)c3ccc(C(F)(F)F)cc3Cl)CCC(F)(F)CC2)CC1.Cl. The molecule has 36 heavy (non-hydrogen) atoms. The molecule has 1 saturated carbocycles. The zero-order chi connectivity index (χ0) is 26.2. The third-order valence-electron chi connectivity index (χ3n) is 6.73. The molecule has 0 aromatic heterocycles. The van der Waals surface area contributed by atoms with Gasteiger partial charge in [0.05, 0.1) is 16.1 Å². The maximum Gasteiger partial charge on any atom is 0.416 e. The van der Waals surface area contributed by atoms with Crippen molar-refractivity contribution < 1.29 is 35.2 Å². The number of nitrogens with one attached hydrogen (secondary N) is 1. The summed E-state index contributed by atoms with van der Waals surface area (Å²) in [4.78, 5) is 14.7. The number of halogens is 7. The molecule has 3 rings (SSSR count). The number of hydrogen-bond acceptors (Lipinski definition) is 4. The lowest BCUT2D eigenvalue weighted by atomic mass is 9.78. The molecule has 2 fully saturated rings. The topological polar surface area (TPSA) is 73.0 Å². The van der Waals surface area contributed by atoms with E-state index in [0.717, 1.165) is 16.4 Å². The van der Waals surface area contributed by atoms with Gasteiger partial charge in [-0.3, -0.25) is 9.69 Å². The molecule has 0 atom stereocenters. The summed E-state index contributed by atoms with van der Waals surface area (Å²) in [5.74, 6) is -3.55. The van der Waals surface area contributed by atoms with Crippen LogP contribution in [0, 0.1) is 0 Å². The molecule has 0 bridgehead atoms. The zero-order valence-corrected chi connectivity index (χ0v) is 22.1. The molecule has 0 spiro atoms. The smallest absolute Gasteiger partial charge is 0.350 e. The van der Waals surface area contributed by atoms with E-state index in [4.69, 9.17) is 11.6 Å². The zero-order valence-electron chi connectivity index (χ0n) is 19.7. The van der Waals surface area contributed by atoms with Crippen molar-refractivity contribution in [3.05, 3.63) is 34.3 Å². The maximum atomic E-state index is 14.0. The lowest BCUT2D eigenvalue weighted by Gasteiger charge is -2.50. The summed E-state index contributed by atoms with van der Waals surface area (Å²) in [6.07, 6.45) is -5.25. The fourth-order valence-electron chi connectivity index (χ4n) is 4.53. The van der Waals surface area contributed by atoms with Crippen LogP contribution >= 0.6 is 24.0 Å². The standard InChI is InChI=1S/C21H28ClF5N4O3S.ClH/c1-29(2)35(33,34)31-11-9-30(10-12-31)19(5-7-20(23,24)8-6-19)14-28-18(32)16-4-3-15(13-17(16)22)21(25,26)27;/h3-4,13H,5-12,14H2,1-2H3,(H,28,32);1H. The molecule has 1 N–H and O–H groups in total. The molecule has 0 unspecified atom stereocenters. The number of rotatable bonds is 6. The second-order valence-electron chi connectivity index (χ2n) is 9.13. The van der Waals surface area contributed by atoms with Gasteiger partial charge in [-0.1, -0.05) is 11.6 Å². The molecule has 1 aliphatic heterocycles. The molecule has 1 aromatic rings. The fourth-order valence-corrected chi connectivity index (χ4v) is 5.88. The average molecular weight is 583 g/mol. The highest BCUT2D eigenvalue weighted by atomic mass is 35.5. The van der Waals surface area contributed by atoms with Crippen molar-refractivity contribution in [1.82, 2.24) is 18.8 Å². The average Bonchev–Trinajstić information content (AvgIpc) is 2.78. The van der Waals surface area contributed by atoms with Gasteiger partial charge in [0.15, 0.2) is 0 Å². The molecule has 7 nitrogen and oxygen atoms in total. The number of carbonyl (C=O) groups is 1. The van der Waals surface area contributed by atoms with Gasteiger partial charge in [0, 0.05) is 65.2 Å². The summed E-state index contributed by atoms with van der Waals surface area (Å²) in [6, 6.07) is 2.40. The molecule has 15 heteroatoms. The minimum Gasteiger partial charge on any atom is -0.350 e. The minimum atomic E-state index is -4.61. The van der Waals surface area contributed by atoms with Gasteiger partial charge < -0.3 is 5.32 Å². The number of piperazine rings is 1. The number of hydrogen-bond donors (Lipinski definition) is 1. The quantitative estimate of drug-likeness (QED) is 0.517. The molecule has 1 aromatic carbocycles.